The fraction of sp³-hybridized carbons (Fsp3) is 0.133. The van der Waals surface area contributed by atoms with Gasteiger partial charge in [-0.05, 0) is 19.1 Å². The van der Waals surface area contributed by atoms with Crippen molar-refractivity contribution in [3.63, 3.8) is 0 Å². The maximum atomic E-state index is 6.29. The molecule has 0 fully saturated rings. The molecule has 1 aromatic heterocycles. The number of hydrogen-bond donors (Lipinski definition) is 0. The lowest BCUT2D eigenvalue weighted by Gasteiger charge is -2.05. The van der Waals surface area contributed by atoms with E-state index in [1.54, 1.807) is 6.07 Å². The molecular formula is C15H12Cl2N2. The number of rotatable bonds is 1. The van der Waals surface area contributed by atoms with Crippen LogP contribution in [-0.2, 0) is 7.05 Å². The van der Waals surface area contributed by atoms with Crippen LogP contribution >= 0.6 is 23.2 Å². The van der Waals surface area contributed by atoms with Gasteiger partial charge in [0.2, 0.25) is 0 Å². The third-order valence-electron chi connectivity index (χ3n) is 3.38. The number of nitrogens with zero attached hydrogens (tertiary/aromatic N) is 2. The summed E-state index contributed by atoms with van der Waals surface area (Å²) in [6.07, 6.45) is 0. The Balaban J connectivity index is 2.33. The molecule has 0 saturated carbocycles. The first kappa shape index (κ1) is 12.5. The number of benzene rings is 2. The maximum absolute atomic E-state index is 6.29. The van der Waals surface area contributed by atoms with Gasteiger partial charge in [-0.3, -0.25) is 4.68 Å². The molecule has 0 amide bonds. The number of fused-ring (bicyclic) bond motifs is 1. The molecule has 0 spiro atoms. The molecule has 4 heteroatoms. The van der Waals surface area contributed by atoms with Crippen molar-refractivity contribution in [2.75, 3.05) is 0 Å². The second-order valence-electron chi connectivity index (χ2n) is 4.53. The van der Waals surface area contributed by atoms with Gasteiger partial charge in [-0.2, -0.15) is 5.10 Å². The molecule has 0 radical (unpaired) electrons. The first-order chi connectivity index (χ1) is 9.08. The summed E-state index contributed by atoms with van der Waals surface area (Å²) >= 11 is 12.2. The fourth-order valence-corrected chi connectivity index (χ4v) is 2.78. The zero-order valence-electron chi connectivity index (χ0n) is 10.6. The molecule has 0 saturated heterocycles. The Bertz CT molecular complexity index is 775. The van der Waals surface area contributed by atoms with Crippen LogP contribution in [-0.4, -0.2) is 9.78 Å². The Hall–Kier alpha value is -1.51. The lowest BCUT2D eigenvalue weighted by molar-refractivity contribution is 0.751. The zero-order chi connectivity index (χ0) is 13.6. The van der Waals surface area contributed by atoms with E-state index in [1.165, 1.54) is 0 Å². The molecule has 0 atom stereocenters. The van der Waals surface area contributed by atoms with Crippen LogP contribution in [0, 0.1) is 6.92 Å². The van der Waals surface area contributed by atoms with Crippen molar-refractivity contribution >= 4 is 34.1 Å². The quantitative estimate of drug-likeness (QED) is 0.626. The van der Waals surface area contributed by atoms with Crippen LogP contribution in [0.25, 0.3) is 22.0 Å². The third-order valence-corrected chi connectivity index (χ3v) is 3.93. The van der Waals surface area contributed by atoms with Gasteiger partial charge in [-0.15, -0.1) is 0 Å². The van der Waals surface area contributed by atoms with Crippen molar-refractivity contribution in [3.05, 3.63) is 52.1 Å². The highest BCUT2D eigenvalue weighted by atomic mass is 35.5. The van der Waals surface area contributed by atoms with E-state index >= 15 is 0 Å². The second kappa shape index (κ2) is 4.55. The van der Waals surface area contributed by atoms with Crippen LogP contribution < -0.4 is 0 Å². The Morgan fingerprint density at radius 3 is 2.58 bits per heavy atom. The van der Waals surface area contributed by atoms with E-state index in [9.17, 15) is 0 Å². The van der Waals surface area contributed by atoms with E-state index in [2.05, 4.69) is 18.1 Å². The molecule has 2 aromatic carbocycles. The predicted molar refractivity (Wildman–Crippen MR) is 80.9 cm³/mol. The van der Waals surface area contributed by atoms with Gasteiger partial charge in [0.05, 0.1) is 0 Å². The SMILES string of the molecule is Cc1c2cccc(-c3ccc(Cl)cc3Cl)c2nn1C. The van der Waals surface area contributed by atoms with E-state index < -0.39 is 0 Å². The average molecular weight is 291 g/mol. The minimum absolute atomic E-state index is 0.637. The Labute approximate surface area is 121 Å². The van der Waals surface area contributed by atoms with Crippen LogP contribution in [0.2, 0.25) is 10.0 Å². The van der Waals surface area contributed by atoms with Gasteiger partial charge in [-0.1, -0.05) is 47.5 Å². The zero-order valence-corrected chi connectivity index (χ0v) is 12.1. The standard InChI is InChI=1S/C15H12Cl2N2/c1-9-11-4-3-5-13(15(11)18-19(9)2)12-7-6-10(16)8-14(12)17/h3-8H,1-2H3. The Morgan fingerprint density at radius 1 is 1.05 bits per heavy atom. The molecule has 0 bridgehead atoms. The van der Waals surface area contributed by atoms with E-state index in [1.807, 2.05) is 36.0 Å². The highest BCUT2D eigenvalue weighted by Gasteiger charge is 2.12. The first-order valence-electron chi connectivity index (χ1n) is 5.95. The van der Waals surface area contributed by atoms with Crippen molar-refractivity contribution in [2.45, 2.75) is 6.92 Å². The van der Waals surface area contributed by atoms with E-state index in [4.69, 9.17) is 23.2 Å². The minimum Gasteiger partial charge on any atom is -0.272 e. The molecule has 0 aliphatic heterocycles. The van der Waals surface area contributed by atoms with Crippen LogP contribution in [0.1, 0.15) is 5.69 Å². The highest BCUT2D eigenvalue weighted by Crippen LogP contribution is 2.35. The van der Waals surface area contributed by atoms with Crippen molar-refractivity contribution in [3.8, 4) is 11.1 Å². The number of halogens is 2. The second-order valence-corrected chi connectivity index (χ2v) is 5.38. The molecule has 3 aromatic rings. The fourth-order valence-electron chi connectivity index (χ4n) is 2.27. The van der Waals surface area contributed by atoms with Gasteiger partial charge in [0.25, 0.3) is 0 Å². The summed E-state index contributed by atoms with van der Waals surface area (Å²) in [5.41, 5.74) is 4.09. The average Bonchev–Trinajstić information content (AvgIpc) is 2.66. The van der Waals surface area contributed by atoms with Gasteiger partial charge < -0.3 is 0 Å². The topological polar surface area (TPSA) is 17.8 Å². The van der Waals surface area contributed by atoms with E-state index in [-0.39, 0.29) is 0 Å². The van der Waals surface area contributed by atoms with Crippen LogP contribution in [0.15, 0.2) is 36.4 Å². The number of aromatic nitrogens is 2. The molecule has 96 valence electrons. The smallest absolute Gasteiger partial charge is 0.100 e. The predicted octanol–water partition coefficient (Wildman–Crippen LogP) is 4.86. The number of hydrogen-bond acceptors (Lipinski definition) is 1. The highest BCUT2D eigenvalue weighted by molar-refractivity contribution is 6.36. The summed E-state index contributed by atoms with van der Waals surface area (Å²) in [5, 5.41) is 7.00. The molecule has 2 nitrogen and oxygen atoms in total. The Kier molecular flexibility index (Phi) is 3.00. The monoisotopic (exact) mass is 290 g/mol. The summed E-state index contributed by atoms with van der Waals surface area (Å²) in [6.45, 7) is 2.06. The Morgan fingerprint density at radius 2 is 1.84 bits per heavy atom. The van der Waals surface area contributed by atoms with Gasteiger partial charge in [-0.25, -0.2) is 0 Å². The van der Waals surface area contributed by atoms with E-state index in [0.717, 1.165) is 27.7 Å². The normalized spacial score (nSPS) is 11.2. The molecule has 0 N–H and O–H groups in total. The molecule has 0 aliphatic rings. The van der Waals surface area contributed by atoms with E-state index in [0.29, 0.717) is 10.0 Å². The molecular weight excluding hydrogens is 279 g/mol. The molecule has 0 aliphatic carbocycles. The lowest BCUT2D eigenvalue weighted by Crippen LogP contribution is -1.91. The third kappa shape index (κ3) is 2.01. The number of aryl methyl sites for hydroxylation is 2. The van der Waals surface area contributed by atoms with Gasteiger partial charge in [0.15, 0.2) is 0 Å². The summed E-state index contributed by atoms with van der Waals surface area (Å²) in [7, 11) is 1.95. The van der Waals surface area contributed by atoms with Crippen molar-refractivity contribution in [2.24, 2.45) is 7.05 Å². The van der Waals surface area contributed by atoms with Crippen LogP contribution in [0.3, 0.4) is 0 Å². The summed E-state index contributed by atoms with van der Waals surface area (Å²) in [6, 6.07) is 11.7. The largest absolute Gasteiger partial charge is 0.272 e. The van der Waals surface area contributed by atoms with Gasteiger partial charge in [0.1, 0.15) is 5.52 Å². The van der Waals surface area contributed by atoms with Crippen molar-refractivity contribution in [1.82, 2.24) is 9.78 Å². The molecule has 0 unspecified atom stereocenters. The molecule has 3 rings (SSSR count). The summed E-state index contributed by atoms with van der Waals surface area (Å²) in [5.74, 6) is 0. The molecule has 19 heavy (non-hydrogen) atoms. The lowest BCUT2D eigenvalue weighted by atomic mass is 10.0. The summed E-state index contributed by atoms with van der Waals surface area (Å²) in [4.78, 5) is 0. The molecule has 1 heterocycles. The maximum Gasteiger partial charge on any atom is 0.100 e. The minimum atomic E-state index is 0.637. The van der Waals surface area contributed by atoms with Gasteiger partial charge >= 0.3 is 0 Å². The van der Waals surface area contributed by atoms with Crippen LogP contribution in [0.4, 0.5) is 0 Å². The van der Waals surface area contributed by atoms with Gasteiger partial charge in [0, 0.05) is 39.3 Å². The summed E-state index contributed by atoms with van der Waals surface area (Å²) < 4.78 is 1.89. The first-order valence-corrected chi connectivity index (χ1v) is 6.71. The van der Waals surface area contributed by atoms with Crippen LogP contribution in [0.5, 0.6) is 0 Å². The van der Waals surface area contributed by atoms with Crippen molar-refractivity contribution < 1.29 is 0 Å². The van der Waals surface area contributed by atoms with Crippen molar-refractivity contribution in [1.29, 1.82) is 0 Å².